The monoisotopic (exact) mass is 267 g/mol. The first-order chi connectivity index (χ1) is 9.09. The molecular weight excluding hydrogens is 238 g/mol. The lowest BCUT2D eigenvalue weighted by Crippen LogP contribution is -2.47. The van der Waals surface area contributed by atoms with E-state index >= 15 is 0 Å². The van der Waals surface area contributed by atoms with Crippen LogP contribution in [0.5, 0.6) is 0 Å². The largest absolute Gasteiger partial charge is 0.354 e. The SMILES string of the molecule is CC(CNC(=O)CC1(N)CCCC1)N1CCCCC1. The van der Waals surface area contributed by atoms with E-state index in [0.29, 0.717) is 12.5 Å². The van der Waals surface area contributed by atoms with Gasteiger partial charge in [0, 0.05) is 24.5 Å². The van der Waals surface area contributed by atoms with Crippen molar-refractivity contribution in [3.8, 4) is 0 Å². The highest BCUT2D eigenvalue weighted by molar-refractivity contribution is 5.77. The van der Waals surface area contributed by atoms with Crippen molar-refractivity contribution in [1.29, 1.82) is 0 Å². The van der Waals surface area contributed by atoms with E-state index in [0.717, 1.165) is 19.4 Å². The Morgan fingerprint density at radius 3 is 2.47 bits per heavy atom. The molecule has 1 unspecified atom stereocenters. The molecule has 1 aliphatic heterocycles. The molecule has 0 aromatic rings. The Hall–Kier alpha value is -0.610. The van der Waals surface area contributed by atoms with Gasteiger partial charge in [-0.2, -0.15) is 0 Å². The number of amides is 1. The third-order valence-corrected chi connectivity index (χ3v) is 4.72. The summed E-state index contributed by atoms with van der Waals surface area (Å²) in [5.74, 6) is 0.133. The zero-order valence-electron chi connectivity index (χ0n) is 12.3. The average Bonchev–Trinajstić information content (AvgIpc) is 2.83. The number of nitrogens with one attached hydrogen (secondary N) is 1. The highest BCUT2D eigenvalue weighted by Crippen LogP contribution is 2.29. The van der Waals surface area contributed by atoms with E-state index in [1.165, 1.54) is 45.2 Å². The Bertz CT molecular complexity index is 294. The highest BCUT2D eigenvalue weighted by atomic mass is 16.1. The fourth-order valence-corrected chi connectivity index (χ4v) is 3.39. The number of carbonyl (C=O) groups excluding carboxylic acids is 1. The van der Waals surface area contributed by atoms with Crippen LogP contribution in [0.4, 0.5) is 0 Å². The minimum atomic E-state index is -0.224. The number of hydrogen-bond acceptors (Lipinski definition) is 3. The van der Waals surface area contributed by atoms with Crippen molar-refractivity contribution >= 4 is 5.91 Å². The van der Waals surface area contributed by atoms with Gasteiger partial charge in [-0.25, -0.2) is 0 Å². The van der Waals surface area contributed by atoms with Gasteiger partial charge in [0.2, 0.25) is 5.91 Å². The summed E-state index contributed by atoms with van der Waals surface area (Å²) in [6, 6.07) is 0.446. The quantitative estimate of drug-likeness (QED) is 0.796. The van der Waals surface area contributed by atoms with Gasteiger partial charge < -0.3 is 11.1 Å². The maximum Gasteiger partial charge on any atom is 0.221 e. The van der Waals surface area contributed by atoms with Crippen molar-refractivity contribution in [2.24, 2.45) is 5.73 Å². The standard InChI is InChI=1S/C15H29N3O/c1-13(18-9-5-2-6-10-18)12-17-14(19)11-15(16)7-3-4-8-15/h13H,2-12,16H2,1H3,(H,17,19). The predicted octanol–water partition coefficient (Wildman–Crippen LogP) is 1.64. The second-order valence-electron chi connectivity index (χ2n) is 6.50. The Labute approximate surface area is 117 Å². The molecule has 19 heavy (non-hydrogen) atoms. The summed E-state index contributed by atoms with van der Waals surface area (Å²) in [5, 5.41) is 3.07. The summed E-state index contributed by atoms with van der Waals surface area (Å²) >= 11 is 0. The van der Waals surface area contributed by atoms with E-state index in [4.69, 9.17) is 5.73 Å². The maximum atomic E-state index is 12.0. The van der Waals surface area contributed by atoms with Crippen molar-refractivity contribution in [1.82, 2.24) is 10.2 Å². The Morgan fingerprint density at radius 2 is 1.84 bits per heavy atom. The number of carbonyl (C=O) groups is 1. The minimum Gasteiger partial charge on any atom is -0.354 e. The summed E-state index contributed by atoms with van der Waals surface area (Å²) in [4.78, 5) is 14.5. The van der Waals surface area contributed by atoms with Gasteiger partial charge in [0.1, 0.15) is 0 Å². The average molecular weight is 267 g/mol. The van der Waals surface area contributed by atoms with E-state index in [2.05, 4.69) is 17.1 Å². The first kappa shape index (κ1) is 14.8. The number of hydrogen-bond donors (Lipinski definition) is 2. The second kappa shape index (κ2) is 6.71. The van der Waals surface area contributed by atoms with Crippen LogP contribution in [0.25, 0.3) is 0 Å². The summed E-state index contributed by atoms with van der Waals surface area (Å²) < 4.78 is 0. The lowest BCUT2D eigenvalue weighted by atomic mass is 9.94. The molecule has 1 atom stereocenters. The summed E-state index contributed by atoms with van der Waals surface area (Å²) in [6.45, 7) is 5.32. The summed E-state index contributed by atoms with van der Waals surface area (Å²) in [7, 11) is 0. The Morgan fingerprint density at radius 1 is 1.21 bits per heavy atom. The number of piperidine rings is 1. The molecule has 1 heterocycles. The van der Waals surface area contributed by atoms with Gasteiger partial charge in [0.05, 0.1) is 0 Å². The molecule has 1 amide bonds. The Kier molecular flexibility index (Phi) is 5.22. The van der Waals surface area contributed by atoms with Gasteiger partial charge in [-0.3, -0.25) is 9.69 Å². The zero-order valence-corrected chi connectivity index (χ0v) is 12.3. The van der Waals surface area contributed by atoms with E-state index in [9.17, 15) is 4.79 Å². The molecule has 1 aliphatic carbocycles. The number of likely N-dealkylation sites (tertiary alicyclic amines) is 1. The molecule has 3 N–H and O–H groups in total. The summed E-state index contributed by atoms with van der Waals surface area (Å²) in [5.41, 5.74) is 6.01. The molecule has 0 bridgehead atoms. The van der Waals surface area contributed by atoms with Gasteiger partial charge in [0.25, 0.3) is 0 Å². The van der Waals surface area contributed by atoms with E-state index < -0.39 is 0 Å². The first-order valence-electron chi connectivity index (χ1n) is 7.89. The second-order valence-corrected chi connectivity index (χ2v) is 6.50. The van der Waals surface area contributed by atoms with Gasteiger partial charge in [-0.1, -0.05) is 19.3 Å². The molecule has 0 aromatic heterocycles. The highest BCUT2D eigenvalue weighted by Gasteiger charge is 2.31. The summed E-state index contributed by atoms with van der Waals surface area (Å²) in [6.07, 6.45) is 8.80. The first-order valence-corrected chi connectivity index (χ1v) is 7.89. The maximum absolute atomic E-state index is 12.0. The van der Waals surface area contributed by atoms with Gasteiger partial charge >= 0.3 is 0 Å². The number of nitrogens with two attached hydrogens (primary N) is 1. The van der Waals surface area contributed by atoms with E-state index in [1.54, 1.807) is 0 Å². The molecule has 0 spiro atoms. The van der Waals surface area contributed by atoms with Crippen LogP contribution in [-0.4, -0.2) is 42.0 Å². The normalized spacial score (nSPS) is 25.2. The topological polar surface area (TPSA) is 58.4 Å². The third kappa shape index (κ3) is 4.46. The molecule has 110 valence electrons. The van der Waals surface area contributed by atoms with Crippen molar-refractivity contribution < 1.29 is 4.79 Å². The molecule has 0 radical (unpaired) electrons. The number of rotatable bonds is 5. The minimum absolute atomic E-state index is 0.133. The van der Waals surface area contributed by atoms with Crippen LogP contribution in [0.15, 0.2) is 0 Å². The van der Waals surface area contributed by atoms with Crippen LogP contribution >= 0.6 is 0 Å². The van der Waals surface area contributed by atoms with Crippen LogP contribution in [0, 0.1) is 0 Å². The van der Waals surface area contributed by atoms with Crippen molar-refractivity contribution in [2.75, 3.05) is 19.6 Å². The number of nitrogens with zero attached hydrogens (tertiary/aromatic N) is 1. The van der Waals surface area contributed by atoms with Gasteiger partial charge in [0.15, 0.2) is 0 Å². The lowest BCUT2D eigenvalue weighted by molar-refractivity contribution is -0.122. The van der Waals surface area contributed by atoms with Crippen molar-refractivity contribution in [3.05, 3.63) is 0 Å². The van der Waals surface area contributed by atoms with Crippen LogP contribution in [0.1, 0.15) is 58.3 Å². The zero-order chi connectivity index (χ0) is 13.7. The smallest absolute Gasteiger partial charge is 0.221 e. The van der Waals surface area contributed by atoms with Crippen LogP contribution in [-0.2, 0) is 4.79 Å². The fourth-order valence-electron chi connectivity index (χ4n) is 3.39. The molecule has 1 saturated heterocycles. The van der Waals surface area contributed by atoms with Crippen LogP contribution < -0.4 is 11.1 Å². The fraction of sp³-hybridized carbons (Fsp3) is 0.933. The van der Waals surface area contributed by atoms with Gasteiger partial charge in [-0.15, -0.1) is 0 Å². The molecule has 2 rings (SSSR count). The predicted molar refractivity (Wildman–Crippen MR) is 77.9 cm³/mol. The van der Waals surface area contributed by atoms with E-state index in [-0.39, 0.29) is 11.4 Å². The van der Waals surface area contributed by atoms with Crippen LogP contribution in [0.3, 0.4) is 0 Å². The van der Waals surface area contributed by atoms with Crippen LogP contribution in [0.2, 0.25) is 0 Å². The molecule has 0 aromatic carbocycles. The lowest BCUT2D eigenvalue weighted by Gasteiger charge is -2.32. The molecule has 2 aliphatic rings. The molecule has 4 heteroatoms. The molecule has 2 fully saturated rings. The molecule has 1 saturated carbocycles. The van der Waals surface area contributed by atoms with Crippen molar-refractivity contribution in [3.63, 3.8) is 0 Å². The Balaban J connectivity index is 1.67. The molecular formula is C15H29N3O. The third-order valence-electron chi connectivity index (χ3n) is 4.72. The van der Waals surface area contributed by atoms with Gasteiger partial charge in [-0.05, 0) is 45.7 Å². The van der Waals surface area contributed by atoms with Crippen molar-refractivity contribution in [2.45, 2.75) is 69.9 Å². The van der Waals surface area contributed by atoms with E-state index in [1.807, 2.05) is 0 Å². The molecule has 4 nitrogen and oxygen atoms in total.